The van der Waals surface area contributed by atoms with Crippen LogP contribution in [0.2, 0.25) is 0 Å². The van der Waals surface area contributed by atoms with Gasteiger partial charge in [-0.3, -0.25) is 11.7 Å². The van der Waals surface area contributed by atoms with E-state index in [0.29, 0.717) is 0 Å². The molecule has 0 aliphatic rings. The van der Waals surface area contributed by atoms with E-state index >= 15 is 0 Å². The van der Waals surface area contributed by atoms with Gasteiger partial charge < -0.3 is 0 Å². The normalized spacial score (nSPS) is 11.6. The van der Waals surface area contributed by atoms with Crippen LogP contribution in [0.3, 0.4) is 0 Å². The fraction of sp³-hybridized carbons (Fsp3) is 0. The molecule has 0 spiro atoms. The van der Waals surface area contributed by atoms with E-state index < -0.39 is 0 Å². The first-order valence-corrected chi connectivity index (χ1v) is 10.3. The number of hydrazine groups is 41. The third kappa shape index (κ3) is 38.3. The topological polar surface area (TPSA) is 533 Å². The Labute approximate surface area is 234 Å². The van der Waals surface area contributed by atoms with Crippen molar-refractivity contribution in [3.8, 4) is 0 Å². The van der Waals surface area contributed by atoms with Gasteiger partial charge in [0.1, 0.15) is 0 Å². The van der Waals surface area contributed by atoms with Gasteiger partial charge in [0.05, 0.1) is 0 Å². The first-order chi connectivity index (χ1) is 20.9. The molecule has 254 valence electrons. The summed E-state index contributed by atoms with van der Waals surface area (Å²) in [7, 11) is 0. The highest BCUT2D eigenvalue weighted by atomic mass is 16.0. The minimum Gasteiger partial charge on any atom is -0.257 e. The molecule has 0 unspecified atom stereocenters. The summed E-state index contributed by atoms with van der Waals surface area (Å²) in [6.07, 6.45) is 0. The molecule has 0 aromatic rings. The molecule has 42 nitrogen and oxygen atoms in total. The lowest BCUT2D eigenvalue weighted by molar-refractivity contribution is 0.179. The second-order valence-electron chi connectivity index (χ2n) is 5.04. The molecule has 44 N–H and O–H groups in total. The van der Waals surface area contributed by atoms with Gasteiger partial charge in [0.25, 0.3) is 0 Å². The molecule has 0 aliphatic heterocycles. The first-order valence-electron chi connectivity index (χ1n) is 10.3. The summed E-state index contributed by atoms with van der Waals surface area (Å²) in [4.78, 5) is 0. The monoisotopic (exact) mass is 632 g/mol. The highest BCUT2D eigenvalue weighted by Gasteiger charge is 1.86. The molecule has 0 atom stereocenters. The Morgan fingerprint density at radius 1 is 0.119 bits per heavy atom. The lowest BCUT2D eigenvalue weighted by Gasteiger charge is -2.16. The molecule has 0 bridgehead atoms. The third-order valence-corrected chi connectivity index (χ3v) is 2.46. The summed E-state index contributed by atoms with van der Waals surface area (Å²) in [6.45, 7) is 0. The molecule has 0 aromatic carbocycles. The van der Waals surface area contributed by atoms with Crippen molar-refractivity contribution in [1.82, 2.24) is 221 Å². The molecular formula is H44N42. The van der Waals surface area contributed by atoms with Gasteiger partial charge in [-0.25, -0.2) is 0 Å². The maximum atomic E-state index is 4.93. The van der Waals surface area contributed by atoms with Gasteiger partial charge in [0.15, 0.2) is 0 Å². The molecule has 0 rings (SSSR count). The fourth-order valence-electron chi connectivity index (χ4n) is 1.20. The van der Waals surface area contributed by atoms with Gasteiger partial charge in [-0.2, -0.15) is 221 Å². The quantitative estimate of drug-likeness (QED) is 0.0170. The smallest absolute Gasteiger partial charge is 0.164 e. The van der Waals surface area contributed by atoms with Crippen LogP contribution in [0.5, 0.6) is 0 Å². The summed E-state index contributed by atoms with van der Waals surface area (Å²) in [5.74, 6) is 9.86. The number of hydrogen-bond donors (Lipinski definition) is 42. The SMILES string of the molecule is NNNNNNNNNNNNNNNNNNNNNNNNNNNNNNNNNNNNNNNNNN. The predicted octanol–water partition coefficient (Wildman–Crippen LogP) is -21.0. The number of nitrogens with two attached hydrogens (primary N) is 2. The van der Waals surface area contributed by atoms with Crippen LogP contribution in [-0.4, -0.2) is 0 Å². The highest BCUT2D eigenvalue weighted by molar-refractivity contribution is 4.20. The van der Waals surface area contributed by atoms with Crippen LogP contribution in [0, 0.1) is 0 Å². The summed E-state index contributed by atoms with van der Waals surface area (Å²) >= 11 is 0. The Morgan fingerprint density at radius 3 is 0.262 bits per heavy atom. The molecule has 0 saturated carbocycles. The summed E-state index contributed by atoms with van der Waals surface area (Å²) in [6, 6.07) is 0. The van der Waals surface area contributed by atoms with Crippen molar-refractivity contribution in [2.45, 2.75) is 0 Å². The molecule has 0 radical (unpaired) electrons. The van der Waals surface area contributed by atoms with Crippen LogP contribution < -0.4 is 233 Å². The zero-order valence-electron chi connectivity index (χ0n) is 21.2. The first kappa shape index (κ1) is 40.3. The summed E-state index contributed by atoms with van der Waals surface area (Å²) in [5, 5.41) is 0. The van der Waals surface area contributed by atoms with E-state index in [-0.39, 0.29) is 0 Å². The van der Waals surface area contributed by atoms with Crippen molar-refractivity contribution in [3.05, 3.63) is 0 Å². The highest BCUT2D eigenvalue weighted by Crippen LogP contribution is 1.32. The third-order valence-electron chi connectivity index (χ3n) is 2.46. The van der Waals surface area contributed by atoms with E-state index in [1.807, 2.05) is 0 Å². The molecule has 0 aromatic heterocycles. The van der Waals surface area contributed by atoms with Crippen LogP contribution in [0.25, 0.3) is 0 Å². The zero-order chi connectivity index (χ0) is 30.3. The number of nitrogens with one attached hydrogen (secondary N) is 40. The largest absolute Gasteiger partial charge is 0.257 e. The molecule has 42 heavy (non-hydrogen) atoms. The Kier molecular flexibility index (Phi) is 37.7. The van der Waals surface area contributed by atoms with Crippen molar-refractivity contribution in [1.29, 1.82) is 0 Å². The van der Waals surface area contributed by atoms with Crippen molar-refractivity contribution in [2.24, 2.45) is 11.7 Å². The standard InChI is InChI=1S/H44N42/c1-3-5-7-9-11-13-15-17-19-21-23-25-27-29-31-33-35-37-39-41-42-40-38-36-34-32-30-28-26-24-22-20-18-16-14-12-10-8-6-4-2/h3-42H,1-2H2. The van der Waals surface area contributed by atoms with Gasteiger partial charge in [-0.15, -0.1) is 0 Å². The van der Waals surface area contributed by atoms with Crippen LogP contribution in [0.4, 0.5) is 0 Å². The van der Waals surface area contributed by atoms with Gasteiger partial charge in [-0.05, 0) is 0 Å². The number of hydrogen-bond acceptors (Lipinski definition) is 42. The van der Waals surface area contributed by atoms with Crippen LogP contribution in [0.15, 0.2) is 0 Å². The fourth-order valence-corrected chi connectivity index (χ4v) is 1.20. The Bertz CT molecular complexity index is 386. The average molecular weight is 633 g/mol. The summed E-state index contributed by atoms with van der Waals surface area (Å²) in [5.41, 5.74) is 98.1. The second-order valence-corrected chi connectivity index (χ2v) is 5.04. The lowest BCUT2D eigenvalue weighted by atomic mass is 12.0. The van der Waals surface area contributed by atoms with Crippen molar-refractivity contribution < 1.29 is 0 Å². The van der Waals surface area contributed by atoms with E-state index in [0.717, 1.165) is 0 Å². The maximum Gasteiger partial charge on any atom is -0.164 e. The van der Waals surface area contributed by atoms with Crippen molar-refractivity contribution in [3.63, 3.8) is 0 Å². The Morgan fingerprint density at radius 2 is 0.190 bits per heavy atom. The zero-order valence-corrected chi connectivity index (χ0v) is 21.2. The van der Waals surface area contributed by atoms with E-state index in [4.69, 9.17) is 11.7 Å². The minimum absolute atomic E-state index is 2.12. The average Bonchev–Trinajstić information content (AvgIpc) is 3.00. The van der Waals surface area contributed by atoms with E-state index in [1.165, 1.54) is 0 Å². The van der Waals surface area contributed by atoms with Gasteiger partial charge in [0, 0.05) is 0 Å². The van der Waals surface area contributed by atoms with Crippen molar-refractivity contribution >= 4 is 0 Å². The van der Waals surface area contributed by atoms with Gasteiger partial charge >= 0.3 is 0 Å². The van der Waals surface area contributed by atoms with E-state index in [2.05, 4.69) is 221 Å². The van der Waals surface area contributed by atoms with E-state index in [9.17, 15) is 0 Å². The molecule has 0 aliphatic carbocycles. The Hall–Kier alpha value is -1.68. The van der Waals surface area contributed by atoms with Crippen LogP contribution in [0.1, 0.15) is 0 Å². The minimum atomic E-state index is 2.12. The lowest BCUT2D eigenvalue weighted by Crippen LogP contribution is -2.70. The molecule has 0 amide bonds. The molecular weight excluding hydrogens is 588 g/mol. The predicted molar refractivity (Wildman–Crippen MR) is 134 cm³/mol. The molecule has 0 heterocycles. The Balaban J connectivity index is 3.02. The number of rotatable bonds is 39. The van der Waals surface area contributed by atoms with Gasteiger partial charge in [0.2, 0.25) is 0 Å². The summed E-state index contributed by atoms with van der Waals surface area (Å²) < 4.78 is 0. The van der Waals surface area contributed by atoms with E-state index in [1.54, 1.807) is 0 Å². The molecule has 42 heteroatoms. The van der Waals surface area contributed by atoms with Gasteiger partial charge in [-0.1, -0.05) is 0 Å². The maximum absolute atomic E-state index is 4.93. The molecule has 0 saturated heterocycles. The van der Waals surface area contributed by atoms with Crippen molar-refractivity contribution in [2.75, 3.05) is 0 Å². The molecule has 0 fully saturated rings. The van der Waals surface area contributed by atoms with Crippen LogP contribution >= 0.6 is 0 Å². The second kappa shape index (κ2) is 39.3. The van der Waals surface area contributed by atoms with Crippen LogP contribution in [-0.2, 0) is 0 Å².